The zero-order valence-corrected chi connectivity index (χ0v) is 10.2. The van der Waals surface area contributed by atoms with Crippen molar-refractivity contribution >= 4 is 5.97 Å². The van der Waals surface area contributed by atoms with Crippen molar-refractivity contribution in [2.24, 2.45) is 5.92 Å². The lowest BCUT2D eigenvalue weighted by molar-refractivity contribution is -0.143. The van der Waals surface area contributed by atoms with E-state index in [1.807, 2.05) is 0 Å². The van der Waals surface area contributed by atoms with E-state index in [-0.39, 0.29) is 5.92 Å². The van der Waals surface area contributed by atoms with Crippen molar-refractivity contribution in [1.29, 1.82) is 0 Å². The van der Waals surface area contributed by atoms with Gasteiger partial charge in [0.1, 0.15) is 0 Å². The van der Waals surface area contributed by atoms with Gasteiger partial charge in [-0.3, -0.25) is 9.69 Å². The first-order valence-corrected chi connectivity index (χ1v) is 6.50. The molecule has 1 saturated heterocycles. The number of carboxylic acid groups (broad SMARTS) is 1. The van der Waals surface area contributed by atoms with Crippen LogP contribution < -0.4 is 0 Å². The third-order valence-corrected chi connectivity index (χ3v) is 3.64. The molecule has 1 N–H and O–H groups in total. The van der Waals surface area contributed by atoms with Gasteiger partial charge >= 0.3 is 5.97 Å². The molecule has 3 rings (SSSR count). The van der Waals surface area contributed by atoms with Crippen LogP contribution in [-0.4, -0.2) is 39.2 Å². The number of hydrogen-bond acceptors (Lipinski definition) is 5. The molecular formula is C12H17N3O3. The number of aliphatic carboxylic acids is 1. The van der Waals surface area contributed by atoms with Crippen molar-refractivity contribution in [1.82, 2.24) is 15.0 Å². The summed E-state index contributed by atoms with van der Waals surface area (Å²) in [6, 6.07) is 0. The molecule has 0 amide bonds. The van der Waals surface area contributed by atoms with E-state index >= 15 is 0 Å². The molecular weight excluding hydrogens is 234 g/mol. The third-order valence-electron chi connectivity index (χ3n) is 3.64. The SMILES string of the molecule is O=C(O)C1CCCN(Cc2nc(C3CC3)no2)C1. The van der Waals surface area contributed by atoms with Crippen LogP contribution >= 0.6 is 0 Å². The fourth-order valence-corrected chi connectivity index (χ4v) is 2.43. The topological polar surface area (TPSA) is 79.5 Å². The average Bonchev–Trinajstić information content (AvgIpc) is 3.11. The number of rotatable bonds is 4. The molecule has 98 valence electrons. The maximum absolute atomic E-state index is 11.0. The van der Waals surface area contributed by atoms with Gasteiger partial charge in [0.05, 0.1) is 12.5 Å². The summed E-state index contributed by atoms with van der Waals surface area (Å²) >= 11 is 0. The second-order valence-corrected chi connectivity index (χ2v) is 5.23. The minimum atomic E-state index is -0.705. The standard InChI is InChI=1S/C12H17N3O3/c16-12(17)9-2-1-5-15(6-9)7-10-13-11(14-18-10)8-3-4-8/h8-9H,1-7H2,(H,16,17). The zero-order valence-electron chi connectivity index (χ0n) is 10.2. The largest absolute Gasteiger partial charge is 0.481 e. The molecule has 0 spiro atoms. The fraction of sp³-hybridized carbons (Fsp3) is 0.750. The maximum atomic E-state index is 11.0. The van der Waals surface area contributed by atoms with E-state index in [9.17, 15) is 4.79 Å². The molecule has 2 fully saturated rings. The van der Waals surface area contributed by atoms with Gasteiger partial charge in [0.15, 0.2) is 5.82 Å². The van der Waals surface area contributed by atoms with Crippen LogP contribution in [0, 0.1) is 5.92 Å². The molecule has 1 unspecified atom stereocenters. The van der Waals surface area contributed by atoms with Crippen molar-refractivity contribution in [2.75, 3.05) is 13.1 Å². The Balaban J connectivity index is 1.59. The van der Waals surface area contributed by atoms with E-state index in [0.717, 1.165) is 38.1 Å². The van der Waals surface area contributed by atoms with E-state index in [4.69, 9.17) is 9.63 Å². The number of piperidine rings is 1. The Morgan fingerprint density at radius 1 is 1.44 bits per heavy atom. The van der Waals surface area contributed by atoms with Crippen LogP contribution in [0.25, 0.3) is 0 Å². The molecule has 2 heterocycles. The minimum absolute atomic E-state index is 0.260. The highest BCUT2D eigenvalue weighted by Gasteiger charge is 2.30. The molecule has 2 aliphatic rings. The first kappa shape index (κ1) is 11.6. The molecule has 1 aromatic rings. The maximum Gasteiger partial charge on any atom is 0.307 e. The number of carbonyl (C=O) groups is 1. The number of nitrogens with zero attached hydrogens (tertiary/aromatic N) is 3. The number of carboxylic acids is 1. The predicted molar refractivity (Wildman–Crippen MR) is 61.9 cm³/mol. The smallest absolute Gasteiger partial charge is 0.307 e. The highest BCUT2D eigenvalue weighted by Crippen LogP contribution is 2.38. The highest BCUT2D eigenvalue weighted by molar-refractivity contribution is 5.70. The second-order valence-electron chi connectivity index (χ2n) is 5.23. The summed E-state index contributed by atoms with van der Waals surface area (Å²) in [4.78, 5) is 17.4. The van der Waals surface area contributed by atoms with Crippen LogP contribution in [0.15, 0.2) is 4.52 Å². The van der Waals surface area contributed by atoms with Gasteiger partial charge in [-0.15, -0.1) is 0 Å². The summed E-state index contributed by atoms with van der Waals surface area (Å²) in [5.74, 6) is 0.962. The normalized spacial score (nSPS) is 25.2. The Bertz CT molecular complexity index is 442. The lowest BCUT2D eigenvalue weighted by atomic mass is 9.98. The van der Waals surface area contributed by atoms with Crippen molar-refractivity contribution in [3.05, 3.63) is 11.7 Å². The Morgan fingerprint density at radius 2 is 2.28 bits per heavy atom. The Kier molecular flexibility index (Phi) is 3.03. The van der Waals surface area contributed by atoms with E-state index in [1.54, 1.807) is 0 Å². The molecule has 1 aliphatic carbocycles. The molecule has 6 heteroatoms. The summed E-state index contributed by atoms with van der Waals surface area (Å²) in [5.41, 5.74) is 0. The molecule has 0 aromatic carbocycles. The molecule has 1 saturated carbocycles. The molecule has 0 radical (unpaired) electrons. The van der Waals surface area contributed by atoms with Crippen LogP contribution in [-0.2, 0) is 11.3 Å². The molecule has 0 bridgehead atoms. The minimum Gasteiger partial charge on any atom is -0.481 e. The van der Waals surface area contributed by atoms with Crippen LogP contribution in [0.5, 0.6) is 0 Å². The molecule has 6 nitrogen and oxygen atoms in total. The summed E-state index contributed by atoms with van der Waals surface area (Å²) in [5, 5.41) is 13.0. The molecule has 1 atom stereocenters. The predicted octanol–water partition coefficient (Wildman–Crippen LogP) is 1.24. The van der Waals surface area contributed by atoms with Gasteiger partial charge < -0.3 is 9.63 Å². The third kappa shape index (κ3) is 2.53. The number of hydrogen-bond donors (Lipinski definition) is 1. The van der Waals surface area contributed by atoms with E-state index in [2.05, 4.69) is 15.0 Å². The first-order chi connectivity index (χ1) is 8.72. The number of likely N-dealkylation sites (tertiary alicyclic amines) is 1. The summed E-state index contributed by atoms with van der Waals surface area (Å²) in [6.07, 6.45) is 4.00. The van der Waals surface area contributed by atoms with Crippen molar-refractivity contribution < 1.29 is 14.4 Å². The van der Waals surface area contributed by atoms with Gasteiger partial charge in [-0.05, 0) is 32.2 Å². The van der Waals surface area contributed by atoms with Gasteiger partial charge in [-0.1, -0.05) is 5.16 Å². The highest BCUT2D eigenvalue weighted by atomic mass is 16.5. The Morgan fingerprint density at radius 3 is 3.00 bits per heavy atom. The fourth-order valence-electron chi connectivity index (χ4n) is 2.43. The van der Waals surface area contributed by atoms with E-state index < -0.39 is 5.97 Å². The van der Waals surface area contributed by atoms with Crippen LogP contribution in [0.4, 0.5) is 0 Å². The lowest BCUT2D eigenvalue weighted by Gasteiger charge is -2.29. The zero-order chi connectivity index (χ0) is 12.5. The van der Waals surface area contributed by atoms with Crippen molar-refractivity contribution in [3.8, 4) is 0 Å². The Hall–Kier alpha value is -1.43. The lowest BCUT2D eigenvalue weighted by Crippen LogP contribution is -2.38. The van der Waals surface area contributed by atoms with E-state index in [1.165, 1.54) is 0 Å². The summed E-state index contributed by atoms with van der Waals surface area (Å²) in [7, 11) is 0. The second kappa shape index (κ2) is 4.68. The molecule has 1 aromatic heterocycles. The van der Waals surface area contributed by atoms with Gasteiger partial charge in [-0.2, -0.15) is 4.98 Å². The van der Waals surface area contributed by atoms with Gasteiger partial charge in [0.2, 0.25) is 5.89 Å². The molecule has 18 heavy (non-hydrogen) atoms. The average molecular weight is 251 g/mol. The van der Waals surface area contributed by atoms with Crippen LogP contribution in [0.2, 0.25) is 0 Å². The van der Waals surface area contributed by atoms with E-state index in [0.29, 0.717) is 24.9 Å². The van der Waals surface area contributed by atoms with Crippen LogP contribution in [0.3, 0.4) is 0 Å². The number of aromatic nitrogens is 2. The Labute approximate surface area is 105 Å². The summed E-state index contributed by atoms with van der Waals surface area (Å²) < 4.78 is 5.21. The van der Waals surface area contributed by atoms with Gasteiger partial charge in [0.25, 0.3) is 0 Å². The molecule has 1 aliphatic heterocycles. The van der Waals surface area contributed by atoms with Crippen molar-refractivity contribution in [3.63, 3.8) is 0 Å². The monoisotopic (exact) mass is 251 g/mol. The van der Waals surface area contributed by atoms with Crippen LogP contribution in [0.1, 0.15) is 43.3 Å². The van der Waals surface area contributed by atoms with Crippen molar-refractivity contribution in [2.45, 2.75) is 38.1 Å². The summed E-state index contributed by atoms with van der Waals surface area (Å²) in [6.45, 7) is 2.06. The van der Waals surface area contributed by atoms with Gasteiger partial charge in [-0.25, -0.2) is 0 Å². The van der Waals surface area contributed by atoms with Gasteiger partial charge in [0, 0.05) is 12.5 Å². The first-order valence-electron chi connectivity index (χ1n) is 6.50. The quantitative estimate of drug-likeness (QED) is 0.867.